The molecule has 9 nitrogen and oxygen atoms in total. The van der Waals surface area contributed by atoms with Crippen molar-refractivity contribution in [3.63, 3.8) is 0 Å². The second kappa shape index (κ2) is 10.9. The lowest BCUT2D eigenvalue weighted by Gasteiger charge is -2.41. The van der Waals surface area contributed by atoms with Crippen molar-refractivity contribution in [3.8, 4) is 0 Å². The van der Waals surface area contributed by atoms with E-state index in [4.69, 9.17) is 0 Å². The van der Waals surface area contributed by atoms with Crippen LogP contribution in [0.25, 0.3) is 0 Å². The molecule has 198 valence electrons. The molecule has 3 aromatic rings. The number of hydrogen-bond donors (Lipinski definition) is 1. The second-order valence-electron chi connectivity index (χ2n) is 9.59. The predicted molar refractivity (Wildman–Crippen MR) is 143 cm³/mol. The Morgan fingerprint density at radius 3 is 2.63 bits per heavy atom. The molecule has 2 aliphatic rings. The molecule has 11 heteroatoms. The summed E-state index contributed by atoms with van der Waals surface area (Å²) < 4.78 is 14.1. The number of rotatable bonds is 5. The van der Waals surface area contributed by atoms with E-state index in [1.54, 1.807) is 33.3 Å². The zero-order chi connectivity index (χ0) is 26.8. The summed E-state index contributed by atoms with van der Waals surface area (Å²) in [6.07, 6.45) is 0.846. The van der Waals surface area contributed by atoms with E-state index in [9.17, 15) is 24.1 Å². The maximum Gasteiger partial charge on any atom is 0.322 e. The summed E-state index contributed by atoms with van der Waals surface area (Å²) in [4.78, 5) is 43.4. The third kappa shape index (κ3) is 5.39. The summed E-state index contributed by atoms with van der Waals surface area (Å²) in [6.45, 7) is 3.97. The summed E-state index contributed by atoms with van der Waals surface area (Å²) in [5.74, 6) is -0.319. The van der Waals surface area contributed by atoms with Gasteiger partial charge in [-0.1, -0.05) is 12.1 Å². The largest absolute Gasteiger partial charge is 0.338 e. The Morgan fingerprint density at radius 2 is 1.92 bits per heavy atom. The molecular formula is C27H28FN5O4S. The molecule has 2 aliphatic heterocycles. The molecule has 2 atom stereocenters. The SMILES string of the molecule is C[C@H]1CN(C(=O)CN2CCc3sccc3[C@H]2c2cccc(F)c2)CCN1C(=O)Nc1ccc([N+](=O)[O-])cc1. The standard InChI is InChI=1S/C27H28FN5O4S/c1-18-16-30(12-13-32(18)27(35)29-21-5-7-22(8-6-21)33(36)37)25(34)17-31-11-9-24-23(10-14-38-24)26(31)19-3-2-4-20(28)15-19/h2-8,10,14-15,18,26H,9,11-13,16-17H2,1H3,(H,29,35)/t18-,26+/m0/s1. The number of nitro groups is 1. The fourth-order valence-electron chi connectivity index (χ4n) is 5.23. The van der Waals surface area contributed by atoms with Gasteiger partial charge in [-0.3, -0.25) is 19.8 Å². The Hall–Kier alpha value is -3.83. The molecule has 1 fully saturated rings. The van der Waals surface area contributed by atoms with Crippen molar-refractivity contribution >= 4 is 34.6 Å². The zero-order valence-corrected chi connectivity index (χ0v) is 21.7. The minimum absolute atomic E-state index is 0.0210. The fourth-order valence-corrected chi connectivity index (χ4v) is 6.13. The van der Waals surface area contributed by atoms with Crippen molar-refractivity contribution in [2.45, 2.75) is 25.4 Å². The molecule has 1 aromatic heterocycles. The molecule has 3 heterocycles. The molecule has 0 spiro atoms. The van der Waals surface area contributed by atoms with Crippen molar-refractivity contribution in [3.05, 3.63) is 91.9 Å². The Labute approximate surface area is 223 Å². The fraction of sp³-hybridized carbons (Fsp3) is 0.333. The number of amides is 3. The number of nitrogens with one attached hydrogen (secondary N) is 1. The first-order chi connectivity index (χ1) is 18.3. The summed E-state index contributed by atoms with van der Waals surface area (Å²) >= 11 is 1.69. The average Bonchev–Trinajstić information content (AvgIpc) is 3.37. The first-order valence-corrected chi connectivity index (χ1v) is 13.3. The number of non-ortho nitro benzene ring substituents is 1. The van der Waals surface area contributed by atoms with Crippen molar-refractivity contribution < 1.29 is 18.9 Å². The van der Waals surface area contributed by atoms with Gasteiger partial charge >= 0.3 is 6.03 Å². The van der Waals surface area contributed by atoms with Crippen LogP contribution in [0.1, 0.15) is 29.0 Å². The van der Waals surface area contributed by atoms with Gasteiger partial charge in [-0.15, -0.1) is 11.3 Å². The molecule has 1 saturated heterocycles. The van der Waals surface area contributed by atoms with Crippen LogP contribution in [0.15, 0.2) is 60.0 Å². The zero-order valence-electron chi connectivity index (χ0n) is 20.9. The van der Waals surface area contributed by atoms with Gasteiger partial charge < -0.3 is 15.1 Å². The van der Waals surface area contributed by atoms with E-state index in [1.165, 1.54) is 35.2 Å². The minimum atomic E-state index is -0.493. The van der Waals surface area contributed by atoms with Crippen LogP contribution in [0.2, 0.25) is 0 Å². The van der Waals surface area contributed by atoms with Crippen LogP contribution in [0.3, 0.4) is 0 Å². The van der Waals surface area contributed by atoms with E-state index < -0.39 is 4.92 Å². The van der Waals surface area contributed by atoms with Crippen molar-refractivity contribution in [1.82, 2.24) is 14.7 Å². The van der Waals surface area contributed by atoms with E-state index in [0.717, 1.165) is 17.5 Å². The smallest absolute Gasteiger partial charge is 0.322 e. The molecule has 1 N–H and O–H groups in total. The summed E-state index contributed by atoms with van der Waals surface area (Å²) in [7, 11) is 0. The highest BCUT2D eigenvalue weighted by atomic mass is 32.1. The number of hydrogen-bond acceptors (Lipinski definition) is 6. The van der Waals surface area contributed by atoms with Crippen LogP contribution in [0.5, 0.6) is 0 Å². The average molecular weight is 538 g/mol. The number of nitro benzene ring substituents is 1. The molecule has 0 aliphatic carbocycles. The Bertz CT molecular complexity index is 1350. The van der Waals surface area contributed by atoms with Crippen molar-refractivity contribution in [2.75, 3.05) is 38.0 Å². The number of benzene rings is 2. The number of fused-ring (bicyclic) bond motifs is 1. The van der Waals surface area contributed by atoms with Crippen LogP contribution >= 0.6 is 11.3 Å². The number of piperazine rings is 1. The molecule has 38 heavy (non-hydrogen) atoms. The summed E-state index contributed by atoms with van der Waals surface area (Å²) in [6, 6.07) is 13.6. The molecular weight excluding hydrogens is 509 g/mol. The number of carbonyl (C=O) groups is 2. The van der Waals surface area contributed by atoms with Crippen LogP contribution < -0.4 is 5.32 Å². The minimum Gasteiger partial charge on any atom is -0.338 e. The van der Waals surface area contributed by atoms with Crippen LogP contribution in [-0.2, 0) is 11.2 Å². The number of carbonyl (C=O) groups excluding carboxylic acids is 2. The molecule has 5 rings (SSSR count). The van der Waals surface area contributed by atoms with Gasteiger partial charge in [-0.25, -0.2) is 9.18 Å². The van der Waals surface area contributed by atoms with E-state index in [2.05, 4.69) is 16.3 Å². The molecule has 0 bridgehead atoms. The van der Waals surface area contributed by atoms with Crippen LogP contribution in [0.4, 0.5) is 20.6 Å². The second-order valence-corrected chi connectivity index (χ2v) is 10.6. The summed E-state index contributed by atoms with van der Waals surface area (Å²) in [5.41, 5.74) is 2.37. The topological polar surface area (TPSA) is 99.0 Å². The van der Waals surface area contributed by atoms with E-state index in [0.29, 0.717) is 31.9 Å². The normalized spacial score (nSPS) is 19.6. The number of anilines is 1. The van der Waals surface area contributed by atoms with Gasteiger partial charge in [0.15, 0.2) is 0 Å². The third-order valence-corrected chi connectivity index (χ3v) is 8.14. The van der Waals surface area contributed by atoms with Gasteiger partial charge in [0.05, 0.1) is 17.5 Å². The Balaban J connectivity index is 1.22. The van der Waals surface area contributed by atoms with Crippen LogP contribution in [-0.4, -0.2) is 70.3 Å². The molecule has 3 amide bonds. The lowest BCUT2D eigenvalue weighted by atomic mass is 9.93. The van der Waals surface area contributed by atoms with E-state index in [-0.39, 0.29) is 42.1 Å². The van der Waals surface area contributed by atoms with Crippen molar-refractivity contribution in [1.29, 1.82) is 0 Å². The summed E-state index contributed by atoms with van der Waals surface area (Å²) in [5, 5.41) is 15.7. The highest BCUT2D eigenvalue weighted by Gasteiger charge is 2.34. The van der Waals surface area contributed by atoms with Gasteiger partial charge in [-0.05, 0) is 60.2 Å². The first kappa shape index (κ1) is 25.8. The lowest BCUT2D eigenvalue weighted by molar-refractivity contribution is -0.384. The number of nitrogens with zero attached hydrogens (tertiary/aromatic N) is 4. The maximum atomic E-state index is 14.1. The molecule has 0 radical (unpaired) electrons. The van der Waals surface area contributed by atoms with Gasteiger partial charge in [0.25, 0.3) is 5.69 Å². The first-order valence-electron chi connectivity index (χ1n) is 12.5. The molecule has 0 saturated carbocycles. The lowest BCUT2D eigenvalue weighted by Crippen LogP contribution is -2.58. The number of urea groups is 1. The molecule has 2 aromatic carbocycles. The van der Waals surface area contributed by atoms with Gasteiger partial charge in [0.1, 0.15) is 5.82 Å². The van der Waals surface area contributed by atoms with Gasteiger partial charge in [-0.2, -0.15) is 0 Å². The van der Waals surface area contributed by atoms with Crippen LogP contribution in [0, 0.1) is 15.9 Å². The molecule has 0 unspecified atom stereocenters. The number of halogens is 1. The third-order valence-electron chi connectivity index (χ3n) is 7.14. The quantitative estimate of drug-likeness (QED) is 0.382. The monoisotopic (exact) mass is 537 g/mol. The van der Waals surface area contributed by atoms with Gasteiger partial charge in [0, 0.05) is 54.9 Å². The van der Waals surface area contributed by atoms with E-state index >= 15 is 0 Å². The Kier molecular flexibility index (Phi) is 7.39. The number of thiophene rings is 1. The predicted octanol–water partition coefficient (Wildman–Crippen LogP) is 4.51. The maximum absolute atomic E-state index is 14.1. The van der Waals surface area contributed by atoms with Gasteiger partial charge in [0.2, 0.25) is 5.91 Å². The van der Waals surface area contributed by atoms with Crippen molar-refractivity contribution in [2.24, 2.45) is 0 Å². The van der Waals surface area contributed by atoms with E-state index in [1.807, 2.05) is 18.4 Å². The highest BCUT2D eigenvalue weighted by molar-refractivity contribution is 7.10. The Morgan fingerprint density at radius 1 is 1.13 bits per heavy atom. The highest BCUT2D eigenvalue weighted by Crippen LogP contribution is 2.37.